The maximum atomic E-state index is 5.62. The van der Waals surface area contributed by atoms with E-state index in [4.69, 9.17) is 24.7 Å². The summed E-state index contributed by atoms with van der Waals surface area (Å²) in [7, 11) is 3.66. The summed E-state index contributed by atoms with van der Waals surface area (Å²) in [6.45, 7) is 0. The van der Waals surface area contributed by atoms with Gasteiger partial charge in [-0.1, -0.05) is 21.6 Å². The Kier molecular flexibility index (Phi) is 15.8. The molecule has 0 bridgehead atoms. The van der Waals surface area contributed by atoms with Crippen molar-refractivity contribution in [3.05, 3.63) is 0 Å². The van der Waals surface area contributed by atoms with Crippen LogP contribution in [-0.2, 0) is 24.7 Å². The van der Waals surface area contributed by atoms with Gasteiger partial charge in [0.1, 0.15) is 62.9 Å². The molecule has 0 heterocycles. The van der Waals surface area contributed by atoms with E-state index in [1.807, 2.05) is 21.6 Å². The first-order valence-electron chi connectivity index (χ1n) is 7.13. The van der Waals surface area contributed by atoms with Crippen molar-refractivity contribution < 1.29 is 24.7 Å². The fraction of sp³-hybridized carbons (Fsp3) is 1.00. The highest BCUT2D eigenvalue weighted by atomic mass is 33.1. The highest BCUT2D eigenvalue weighted by Crippen LogP contribution is 2.27. The van der Waals surface area contributed by atoms with Gasteiger partial charge in [-0.05, 0) is 12.8 Å². The number of hydrogen-bond acceptors (Lipinski definition) is 8. The van der Waals surface area contributed by atoms with Gasteiger partial charge < -0.3 is 24.7 Å². The van der Waals surface area contributed by atoms with Crippen molar-refractivity contribution in [3.63, 3.8) is 0 Å². The molecule has 0 saturated heterocycles. The standard InChI is InChI=1S/C6H30O6S2Si8/c15-7-21(8-16,9-17)5-1-3-13-14-4-2-6-22(10-18,11-19)12-20/h1-6H2,15-20H3. The minimum Gasteiger partial charge on any atom is -0.425 e. The molecule has 0 atom stereocenters. The van der Waals surface area contributed by atoms with Crippen molar-refractivity contribution in [2.45, 2.75) is 24.9 Å². The summed E-state index contributed by atoms with van der Waals surface area (Å²) >= 11 is 0. The average molecular weight is 487 g/mol. The van der Waals surface area contributed by atoms with Crippen molar-refractivity contribution in [2.24, 2.45) is 0 Å². The van der Waals surface area contributed by atoms with Gasteiger partial charge in [-0.15, -0.1) is 0 Å². The lowest BCUT2D eigenvalue weighted by atomic mass is 10.6. The van der Waals surface area contributed by atoms with Crippen LogP contribution in [0.2, 0.25) is 12.1 Å². The first kappa shape index (κ1) is 24.2. The lowest BCUT2D eigenvalue weighted by Gasteiger charge is -2.26. The normalized spacial score (nSPS) is 18.0. The van der Waals surface area contributed by atoms with Gasteiger partial charge in [0.15, 0.2) is 0 Å². The van der Waals surface area contributed by atoms with Gasteiger partial charge in [0.25, 0.3) is 0 Å². The molecule has 0 unspecified atom stereocenters. The van der Waals surface area contributed by atoms with E-state index in [9.17, 15) is 0 Å². The summed E-state index contributed by atoms with van der Waals surface area (Å²) < 4.78 is 33.7. The lowest BCUT2D eigenvalue weighted by Crippen LogP contribution is -2.44. The van der Waals surface area contributed by atoms with E-state index in [-0.39, 0.29) is 0 Å². The summed E-state index contributed by atoms with van der Waals surface area (Å²) in [6, 6.07) is 1.92. The third-order valence-corrected chi connectivity index (χ3v) is 22.8. The van der Waals surface area contributed by atoms with Crippen LogP contribution < -0.4 is 0 Å². The lowest BCUT2D eigenvalue weighted by molar-refractivity contribution is 0.292. The highest BCUT2D eigenvalue weighted by molar-refractivity contribution is 8.76. The van der Waals surface area contributed by atoms with Crippen LogP contribution in [0, 0.1) is 0 Å². The molecule has 22 heavy (non-hydrogen) atoms. The van der Waals surface area contributed by atoms with Crippen LogP contribution in [0.15, 0.2) is 0 Å². The van der Waals surface area contributed by atoms with Gasteiger partial charge in [-0.2, -0.15) is 0 Å². The molecule has 0 spiro atoms. The van der Waals surface area contributed by atoms with Crippen molar-refractivity contribution in [1.82, 2.24) is 0 Å². The molecule has 0 saturated carbocycles. The zero-order valence-corrected chi connectivity index (χ0v) is 30.1. The molecule has 0 N–H and O–H groups in total. The second-order valence-corrected chi connectivity index (χ2v) is 20.7. The molecular weight excluding hydrogens is 457 g/mol. The second-order valence-electron chi connectivity index (χ2n) is 4.44. The molecule has 0 fully saturated rings. The zero-order valence-electron chi connectivity index (χ0n) is 14.5. The monoisotopic (exact) mass is 486 g/mol. The van der Waals surface area contributed by atoms with Gasteiger partial charge in [-0.25, -0.2) is 0 Å². The fourth-order valence-corrected chi connectivity index (χ4v) is 23.7. The van der Waals surface area contributed by atoms with Crippen LogP contribution in [0.3, 0.4) is 0 Å². The zero-order chi connectivity index (χ0) is 16.9. The summed E-state index contributed by atoms with van der Waals surface area (Å²) in [6.07, 6.45) is 2.21. The quantitative estimate of drug-likeness (QED) is 0.129. The minimum absolute atomic E-state index is 0.703. The molecule has 0 aromatic carbocycles. The van der Waals surface area contributed by atoms with Crippen molar-refractivity contribution in [1.29, 1.82) is 0 Å². The molecule has 0 aromatic heterocycles. The molecule has 0 aliphatic carbocycles. The van der Waals surface area contributed by atoms with E-state index in [0.29, 0.717) is 62.9 Å². The first-order chi connectivity index (χ1) is 10.6. The maximum absolute atomic E-state index is 5.62. The van der Waals surface area contributed by atoms with Crippen LogP contribution in [-0.4, -0.2) is 92.0 Å². The molecular formula is C6H30O6S2Si8. The predicted molar refractivity (Wildman–Crippen MR) is 121 cm³/mol. The summed E-state index contributed by atoms with van der Waals surface area (Å²) in [5.41, 5.74) is 0. The Bertz CT molecular complexity index is 231. The van der Waals surface area contributed by atoms with Crippen LogP contribution in [0.5, 0.6) is 0 Å². The summed E-state index contributed by atoms with van der Waals surface area (Å²) in [4.78, 5) is 0. The van der Waals surface area contributed by atoms with Gasteiger partial charge in [-0.3, -0.25) is 0 Å². The second kappa shape index (κ2) is 14.4. The van der Waals surface area contributed by atoms with Gasteiger partial charge in [0.2, 0.25) is 0 Å². The Morgan fingerprint density at radius 2 is 0.818 bits per heavy atom. The molecule has 0 aliphatic heterocycles. The summed E-state index contributed by atoms with van der Waals surface area (Å²) in [5.74, 6) is 2.24. The van der Waals surface area contributed by atoms with Crippen molar-refractivity contribution in [3.8, 4) is 0 Å². The van der Waals surface area contributed by atoms with Gasteiger partial charge in [0, 0.05) is 23.6 Å². The van der Waals surface area contributed by atoms with E-state index < -0.39 is 17.6 Å². The molecule has 0 rings (SSSR count). The molecule has 134 valence electrons. The summed E-state index contributed by atoms with van der Waals surface area (Å²) in [5, 5.41) is 0. The fourth-order valence-electron chi connectivity index (χ4n) is 1.93. The van der Waals surface area contributed by atoms with E-state index in [1.165, 1.54) is 0 Å². The molecule has 0 radical (unpaired) electrons. The smallest absolute Gasteiger partial charge is 0.425 e. The molecule has 0 aliphatic rings. The highest BCUT2D eigenvalue weighted by Gasteiger charge is 2.35. The first-order valence-corrected chi connectivity index (χ1v) is 18.4. The predicted octanol–water partition coefficient (Wildman–Crippen LogP) is -5.19. The topological polar surface area (TPSA) is 55.4 Å². The Morgan fingerprint density at radius 1 is 0.545 bits per heavy atom. The maximum Gasteiger partial charge on any atom is 0.467 e. The number of rotatable bonds is 15. The Balaban J connectivity index is 3.70. The molecule has 0 amide bonds. The van der Waals surface area contributed by atoms with Gasteiger partial charge >= 0.3 is 17.6 Å². The van der Waals surface area contributed by atoms with Crippen LogP contribution in [0.1, 0.15) is 12.8 Å². The van der Waals surface area contributed by atoms with E-state index in [1.54, 1.807) is 0 Å². The molecule has 0 aromatic rings. The third kappa shape index (κ3) is 9.05. The minimum atomic E-state index is -2.20. The Hall–Kier alpha value is 2.20. The van der Waals surface area contributed by atoms with Crippen LogP contribution >= 0.6 is 21.6 Å². The van der Waals surface area contributed by atoms with E-state index >= 15 is 0 Å². The third-order valence-electron chi connectivity index (χ3n) is 3.37. The van der Waals surface area contributed by atoms with E-state index in [2.05, 4.69) is 0 Å². The van der Waals surface area contributed by atoms with Crippen molar-refractivity contribution in [2.75, 3.05) is 11.5 Å². The molecule has 16 heteroatoms. The average Bonchev–Trinajstić information content (AvgIpc) is 2.58. The SMILES string of the molecule is [SiH3]O[Si](CCCSSCCC[Si](O[SiH3])(O[SiH3])O[SiH3])(O[SiH3])O[SiH3]. The largest absolute Gasteiger partial charge is 0.467 e. The van der Waals surface area contributed by atoms with E-state index in [0.717, 1.165) is 36.4 Å². The van der Waals surface area contributed by atoms with Crippen LogP contribution in [0.25, 0.3) is 0 Å². The number of hydrogen-bond donors (Lipinski definition) is 0. The van der Waals surface area contributed by atoms with Gasteiger partial charge in [0.05, 0.1) is 0 Å². The Morgan fingerprint density at radius 3 is 1.05 bits per heavy atom. The molecule has 6 nitrogen and oxygen atoms in total. The Labute approximate surface area is 162 Å². The van der Waals surface area contributed by atoms with Crippen molar-refractivity contribution >= 4 is 102 Å². The van der Waals surface area contributed by atoms with Crippen LogP contribution in [0.4, 0.5) is 0 Å².